The van der Waals surface area contributed by atoms with Crippen molar-refractivity contribution in [1.82, 2.24) is 0 Å². The summed E-state index contributed by atoms with van der Waals surface area (Å²) in [6, 6.07) is 15.7. The SMILES string of the molecule is C[C@@H]1CC[C@@H]2C(=O)N(c3cccc(OC(=O)[C@H]4CC(=O)N(c5ccccc5)C4)c3)C(=O)[C@H]2C1. The number of nitrogens with zero attached hydrogens (tertiary/aromatic N) is 2. The van der Waals surface area contributed by atoms with Crippen LogP contribution in [0.5, 0.6) is 5.75 Å². The van der Waals surface area contributed by atoms with Gasteiger partial charge in [0.1, 0.15) is 5.75 Å². The highest BCUT2D eigenvalue weighted by atomic mass is 16.5. The summed E-state index contributed by atoms with van der Waals surface area (Å²) in [5, 5.41) is 0. The summed E-state index contributed by atoms with van der Waals surface area (Å²) in [7, 11) is 0. The van der Waals surface area contributed by atoms with E-state index < -0.39 is 11.9 Å². The second kappa shape index (κ2) is 8.46. The van der Waals surface area contributed by atoms with E-state index >= 15 is 0 Å². The van der Waals surface area contributed by atoms with Crippen molar-refractivity contribution in [2.45, 2.75) is 32.6 Å². The molecule has 2 aliphatic heterocycles. The standard InChI is InChI=1S/C26H26N2O5/c1-16-10-11-21-22(12-16)25(31)28(24(21)30)19-8-5-9-20(14-19)33-26(32)17-13-23(29)27(15-17)18-6-3-2-4-7-18/h2-9,14,16-17,21-22H,10-13,15H2,1H3/t16-,17+,21+,22+/m1/s1. The first-order valence-corrected chi connectivity index (χ1v) is 11.5. The normalized spacial score (nSPS) is 27.1. The average molecular weight is 447 g/mol. The largest absolute Gasteiger partial charge is 0.426 e. The van der Waals surface area contributed by atoms with Crippen molar-refractivity contribution in [2.24, 2.45) is 23.7 Å². The van der Waals surface area contributed by atoms with Crippen molar-refractivity contribution in [2.75, 3.05) is 16.3 Å². The Hall–Kier alpha value is -3.48. The molecule has 0 spiro atoms. The monoisotopic (exact) mass is 446 g/mol. The lowest BCUT2D eigenvalue weighted by atomic mass is 9.76. The van der Waals surface area contributed by atoms with Crippen LogP contribution in [0.1, 0.15) is 32.6 Å². The van der Waals surface area contributed by atoms with Crippen LogP contribution < -0.4 is 14.5 Å². The minimum absolute atomic E-state index is 0.0814. The minimum atomic E-state index is -0.583. The molecule has 170 valence electrons. The third-order valence-electron chi connectivity index (χ3n) is 7.01. The van der Waals surface area contributed by atoms with Crippen LogP contribution in [0.2, 0.25) is 0 Å². The molecule has 7 heteroatoms. The predicted molar refractivity (Wildman–Crippen MR) is 121 cm³/mol. The number of anilines is 2. The van der Waals surface area contributed by atoms with Gasteiger partial charge in [0, 0.05) is 24.7 Å². The molecule has 5 rings (SSSR count). The van der Waals surface area contributed by atoms with Gasteiger partial charge in [-0.05, 0) is 49.4 Å². The van der Waals surface area contributed by atoms with Crippen LogP contribution in [-0.4, -0.2) is 30.2 Å². The summed E-state index contributed by atoms with van der Waals surface area (Å²) in [5.74, 6) is -1.37. The van der Waals surface area contributed by atoms with Gasteiger partial charge in [-0.2, -0.15) is 0 Å². The van der Waals surface area contributed by atoms with Crippen molar-refractivity contribution in [3.63, 3.8) is 0 Å². The molecule has 2 saturated heterocycles. The second-order valence-electron chi connectivity index (χ2n) is 9.30. The Bertz CT molecular complexity index is 1110. The van der Waals surface area contributed by atoms with Crippen LogP contribution in [-0.2, 0) is 19.2 Å². The molecule has 3 amide bonds. The molecule has 1 saturated carbocycles. The van der Waals surface area contributed by atoms with Gasteiger partial charge in [-0.1, -0.05) is 31.2 Å². The Morgan fingerprint density at radius 3 is 2.42 bits per heavy atom. The highest BCUT2D eigenvalue weighted by molar-refractivity contribution is 6.22. The highest BCUT2D eigenvalue weighted by Gasteiger charge is 2.50. The molecular formula is C26H26N2O5. The number of imide groups is 1. The van der Waals surface area contributed by atoms with Gasteiger partial charge in [-0.25, -0.2) is 4.90 Å². The number of fused-ring (bicyclic) bond motifs is 1. The summed E-state index contributed by atoms with van der Waals surface area (Å²) in [6.07, 6.45) is 2.49. The molecule has 3 fully saturated rings. The number of benzene rings is 2. The molecule has 7 nitrogen and oxygen atoms in total. The van der Waals surface area contributed by atoms with Crippen LogP contribution >= 0.6 is 0 Å². The lowest BCUT2D eigenvalue weighted by molar-refractivity contribution is -0.139. The molecule has 0 bridgehead atoms. The summed E-state index contributed by atoms with van der Waals surface area (Å²) >= 11 is 0. The number of esters is 1. The van der Waals surface area contributed by atoms with E-state index in [9.17, 15) is 19.2 Å². The summed E-state index contributed by atoms with van der Waals surface area (Å²) < 4.78 is 5.57. The smallest absolute Gasteiger partial charge is 0.316 e. The molecule has 2 aromatic carbocycles. The van der Waals surface area contributed by atoms with Crippen molar-refractivity contribution in [3.8, 4) is 5.75 Å². The van der Waals surface area contributed by atoms with Crippen LogP contribution in [0.3, 0.4) is 0 Å². The van der Waals surface area contributed by atoms with Crippen LogP contribution in [0, 0.1) is 23.7 Å². The first-order chi connectivity index (χ1) is 15.9. The van der Waals surface area contributed by atoms with Crippen molar-refractivity contribution < 1.29 is 23.9 Å². The van der Waals surface area contributed by atoms with Gasteiger partial charge < -0.3 is 9.64 Å². The first-order valence-electron chi connectivity index (χ1n) is 11.5. The van der Waals surface area contributed by atoms with Gasteiger partial charge in [0.25, 0.3) is 0 Å². The zero-order chi connectivity index (χ0) is 23.1. The van der Waals surface area contributed by atoms with Gasteiger partial charge in [-0.15, -0.1) is 0 Å². The van der Waals surface area contributed by atoms with Crippen molar-refractivity contribution in [1.29, 1.82) is 0 Å². The molecule has 0 aromatic heterocycles. The van der Waals surface area contributed by atoms with Crippen molar-refractivity contribution in [3.05, 3.63) is 54.6 Å². The summed E-state index contributed by atoms with van der Waals surface area (Å²) in [4.78, 5) is 54.0. The molecule has 0 radical (unpaired) electrons. The fourth-order valence-corrected chi connectivity index (χ4v) is 5.25. The topological polar surface area (TPSA) is 84.0 Å². The maximum atomic E-state index is 13.0. The molecule has 0 N–H and O–H groups in total. The molecule has 1 aliphatic carbocycles. The van der Waals surface area contributed by atoms with Gasteiger partial charge in [0.05, 0.1) is 23.4 Å². The van der Waals surface area contributed by atoms with E-state index in [0.29, 0.717) is 11.6 Å². The quantitative estimate of drug-likeness (QED) is 0.407. The van der Waals surface area contributed by atoms with Crippen LogP contribution in [0.15, 0.2) is 54.6 Å². The van der Waals surface area contributed by atoms with E-state index in [0.717, 1.165) is 24.9 Å². The van der Waals surface area contributed by atoms with Crippen LogP contribution in [0.25, 0.3) is 0 Å². The fraction of sp³-hybridized carbons (Fsp3) is 0.385. The Morgan fingerprint density at radius 2 is 1.64 bits per heavy atom. The zero-order valence-corrected chi connectivity index (χ0v) is 18.5. The summed E-state index contributed by atoms with van der Waals surface area (Å²) in [6.45, 7) is 2.37. The Morgan fingerprint density at radius 1 is 0.909 bits per heavy atom. The van der Waals surface area contributed by atoms with Crippen molar-refractivity contribution >= 4 is 35.1 Å². The molecular weight excluding hydrogens is 420 g/mol. The number of rotatable bonds is 4. The minimum Gasteiger partial charge on any atom is -0.426 e. The van der Waals surface area contributed by atoms with E-state index in [4.69, 9.17) is 4.74 Å². The molecule has 2 aromatic rings. The molecule has 4 atom stereocenters. The number of hydrogen-bond donors (Lipinski definition) is 0. The number of ether oxygens (including phenoxy) is 1. The molecule has 33 heavy (non-hydrogen) atoms. The summed E-state index contributed by atoms with van der Waals surface area (Å²) in [5.41, 5.74) is 1.17. The van der Waals surface area contributed by atoms with E-state index in [-0.39, 0.29) is 48.3 Å². The van der Waals surface area contributed by atoms with E-state index in [1.807, 2.05) is 30.3 Å². The lowest BCUT2D eigenvalue weighted by Gasteiger charge is -2.25. The Kier molecular flexibility index (Phi) is 5.48. The maximum Gasteiger partial charge on any atom is 0.316 e. The first kappa shape index (κ1) is 21.4. The van der Waals surface area contributed by atoms with E-state index in [1.165, 1.54) is 4.90 Å². The van der Waals surface area contributed by atoms with Gasteiger partial charge in [0.2, 0.25) is 17.7 Å². The third kappa shape index (κ3) is 3.92. The number of amides is 3. The number of carbonyl (C=O) groups is 4. The van der Waals surface area contributed by atoms with E-state index in [2.05, 4.69) is 6.92 Å². The van der Waals surface area contributed by atoms with Gasteiger partial charge in [-0.3, -0.25) is 19.2 Å². The number of hydrogen-bond acceptors (Lipinski definition) is 5. The zero-order valence-electron chi connectivity index (χ0n) is 18.5. The third-order valence-corrected chi connectivity index (χ3v) is 7.01. The average Bonchev–Trinajstić information content (AvgIpc) is 3.32. The lowest BCUT2D eigenvalue weighted by Crippen LogP contribution is -2.31. The number of carbonyl (C=O) groups excluding carboxylic acids is 4. The highest BCUT2D eigenvalue weighted by Crippen LogP contribution is 2.42. The fourth-order valence-electron chi connectivity index (χ4n) is 5.25. The molecule has 2 heterocycles. The van der Waals surface area contributed by atoms with Gasteiger partial charge in [0.15, 0.2) is 0 Å². The van der Waals surface area contributed by atoms with Gasteiger partial charge >= 0.3 is 5.97 Å². The van der Waals surface area contributed by atoms with E-state index in [1.54, 1.807) is 29.2 Å². The Labute approximate surface area is 192 Å². The number of para-hydroxylation sites is 1. The van der Waals surface area contributed by atoms with Crippen LogP contribution in [0.4, 0.5) is 11.4 Å². The maximum absolute atomic E-state index is 13.0. The molecule has 3 aliphatic rings. The molecule has 0 unspecified atom stereocenters. The second-order valence-corrected chi connectivity index (χ2v) is 9.30. The predicted octanol–water partition coefficient (Wildman–Crippen LogP) is 3.57. The Balaban J connectivity index is 1.29.